The van der Waals surface area contributed by atoms with Crippen molar-refractivity contribution in [1.82, 2.24) is 9.97 Å². The normalized spacial score (nSPS) is 15.2. The van der Waals surface area contributed by atoms with Gasteiger partial charge in [-0.15, -0.1) is 11.3 Å². The first-order valence-electron chi connectivity index (χ1n) is 5.95. The van der Waals surface area contributed by atoms with E-state index >= 15 is 0 Å². The van der Waals surface area contributed by atoms with Crippen LogP contribution in [0.1, 0.15) is 16.3 Å². The van der Waals surface area contributed by atoms with Crippen molar-refractivity contribution >= 4 is 23.0 Å². The number of rotatable bonds is 1. The molecule has 2 aromatic rings. The van der Waals surface area contributed by atoms with Crippen molar-refractivity contribution < 1.29 is 13.2 Å². The number of alkyl halides is 3. The predicted octanol–water partition coefficient (Wildman–Crippen LogP) is 2.70. The van der Waals surface area contributed by atoms with Crippen molar-refractivity contribution in [2.24, 2.45) is 0 Å². The van der Waals surface area contributed by atoms with E-state index in [2.05, 4.69) is 9.97 Å². The first-order valence-corrected chi connectivity index (χ1v) is 6.83. The van der Waals surface area contributed by atoms with E-state index in [0.29, 0.717) is 13.1 Å². The van der Waals surface area contributed by atoms with Gasteiger partial charge in [-0.2, -0.15) is 13.2 Å². The second-order valence-electron chi connectivity index (χ2n) is 4.51. The fourth-order valence-electron chi connectivity index (χ4n) is 2.19. The summed E-state index contributed by atoms with van der Waals surface area (Å²) >= 11 is 1.67. The molecule has 0 fully saturated rings. The highest BCUT2D eigenvalue weighted by Gasteiger charge is 2.36. The molecule has 4 nitrogen and oxygen atoms in total. The molecule has 1 aliphatic rings. The molecule has 0 aromatic carbocycles. The standard InChI is InChI=1S/C12H11F3N4S/c13-12(14,15)11-17-9(16)5-10(18-11)19-3-1-8-7(6-19)2-4-20-8/h2,4-5H,1,3,6H2,(H2,16,17,18). The fraction of sp³-hybridized carbons (Fsp3) is 0.333. The van der Waals surface area contributed by atoms with Gasteiger partial charge in [0.1, 0.15) is 11.6 Å². The Morgan fingerprint density at radius 3 is 2.85 bits per heavy atom. The number of hydrogen-bond acceptors (Lipinski definition) is 5. The molecule has 3 heterocycles. The van der Waals surface area contributed by atoms with E-state index < -0.39 is 12.0 Å². The molecular formula is C12H11F3N4S. The van der Waals surface area contributed by atoms with Gasteiger partial charge in [0, 0.05) is 24.0 Å². The van der Waals surface area contributed by atoms with Gasteiger partial charge in [-0.25, -0.2) is 9.97 Å². The summed E-state index contributed by atoms with van der Waals surface area (Å²) in [7, 11) is 0. The quantitative estimate of drug-likeness (QED) is 0.880. The molecule has 3 rings (SSSR count). The molecule has 2 aromatic heterocycles. The average molecular weight is 300 g/mol. The summed E-state index contributed by atoms with van der Waals surface area (Å²) in [6.07, 6.45) is -3.79. The van der Waals surface area contributed by atoms with Gasteiger partial charge in [-0.1, -0.05) is 0 Å². The Labute approximate surface area is 117 Å². The van der Waals surface area contributed by atoms with Gasteiger partial charge in [0.15, 0.2) is 0 Å². The van der Waals surface area contributed by atoms with Crippen LogP contribution >= 0.6 is 11.3 Å². The van der Waals surface area contributed by atoms with Crippen molar-refractivity contribution in [3.63, 3.8) is 0 Å². The molecule has 0 aliphatic carbocycles. The highest BCUT2D eigenvalue weighted by atomic mass is 32.1. The van der Waals surface area contributed by atoms with Crippen LogP contribution in [0, 0.1) is 0 Å². The number of thiophene rings is 1. The molecule has 0 saturated carbocycles. The molecule has 20 heavy (non-hydrogen) atoms. The van der Waals surface area contributed by atoms with E-state index in [0.717, 1.165) is 12.0 Å². The maximum atomic E-state index is 12.7. The number of nitrogens with zero attached hydrogens (tertiary/aromatic N) is 3. The number of halogens is 3. The Morgan fingerprint density at radius 2 is 2.10 bits per heavy atom. The summed E-state index contributed by atoms with van der Waals surface area (Å²) in [4.78, 5) is 9.92. The average Bonchev–Trinajstić information content (AvgIpc) is 2.84. The van der Waals surface area contributed by atoms with Crippen molar-refractivity contribution in [3.05, 3.63) is 33.8 Å². The third kappa shape index (κ3) is 2.43. The van der Waals surface area contributed by atoms with Crippen LogP contribution in [0.5, 0.6) is 0 Å². The summed E-state index contributed by atoms with van der Waals surface area (Å²) in [5.74, 6) is -1.14. The molecule has 0 atom stereocenters. The maximum Gasteiger partial charge on any atom is 0.451 e. The van der Waals surface area contributed by atoms with Gasteiger partial charge in [0.25, 0.3) is 0 Å². The SMILES string of the molecule is Nc1cc(N2CCc3sccc3C2)nc(C(F)(F)F)n1. The Hall–Kier alpha value is -1.83. The van der Waals surface area contributed by atoms with Crippen molar-refractivity contribution in [2.75, 3.05) is 17.2 Å². The van der Waals surface area contributed by atoms with Gasteiger partial charge in [-0.3, -0.25) is 0 Å². The monoisotopic (exact) mass is 300 g/mol. The van der Waals surface area contributed by atoms with Crippen molar-refractivity contribution in [3.8, 4) is 0 Å². The lowest BCUT2D eigenvalue weighted by molar-refractivity contribution is -0.144. The summed E-state index contributed by atoms with van der Waals surface area (Å²) < 4.78 is 38.1. The van der Waals surface area contributed by atoms with Gasteiger partial charge in [-0.05, 0) is 23.4 Å². The molecular weight excluding hydrogens is 289 g/mol. The number of nitrogens with two attached hydrogens (primary N) is 1. The maximum absolute atomic E-state index is 12.7. The van der Waals surface area contributed by atoms with E-state index in [1.54, 1.807) is 16.2 Å². The van der Waals surface area contributed by atoms with E-state index in [1.807, 2.05) is 11.4 Å². The van der Waals surface area contributed by atoms with Crippen LogP contribution in [0.2, 0.25) is 0 Å². The van der Waals surface area contributed by atoms with Crippen LogP contribution in [0.25, 0.3) is 0 Å². The largest absolute Gasteiger partial charge is 0.451 e. The van der Waals surface area contributed by atoms with Gasteiger partial charge < -0.3 is 10.6 Å². The molecule has 0 spiro atoms. The molecule has 0 unspecified atom stereocenters. The third-order valence-corrected chi connectivity index (χ3v) is 4.14. The molecule has 106 valence electrons. The summed E-state index contributed by atoms with van der Waals surface area (Å²) in [6.45, 7) is 1.17. The smallest absolute Gasteiger partial charge is 0.384 e. The number of hydrogen-bond donors (Lipinski definition) is 1. The minimum Gasteiger partial charge on any atom is -0.384 e. The van der Waals surface area contributed by atoms with Crippen LogP contribution in [0.4, 0.5) is 24.8 Å². The van der Waals surface area contributed by atoms with Gasteiger partial charge in [0.2, 0.25) is 5.82 Å². The molecule has 1 aliphatic heterocycles. The second-order valence-corrected chi connectivity index (χ2v) is 5.51. The lowest BCUT2D eigenvalue weighted by Crippen LogP contribution is -2.31. The molecule has 0 radical (unpaired) electrons. The summed E-state index contributed by atoms with van der Waals surface area (Å²) in [6, 6.07) is 3.37. The fourth-order valence-corrected chi connectivity index (χ4v) is 3.08. The molecule has 8 heteroatoms. The van der Waals surface area contributed by atoms with Crippen LogP contribution in [0.3, 0.4) is 0 Å². The Morgan fingerprint density at radius 1 is 1.30 bits per heavy atom. The third-order valence-electron chi connectivity index (χ3n) is 3.12. The second kappa shape index (κ2) is 4.62. The lowest BCUT2D eigenvalue weighted by Gasteiger charge is -2.28. The van der Waals surface area contributed by atoms with Crippen LogP contribution in [0.15, 0.2) is 17.5 Å². The minimum absolute atomic E-state index is 0.168. The van der Waals surface area contributed by atoms with Crippen molar-refractivity contribution in [2.45, 2.75) is 19.1 Å². The zero-order chi connectivity index (χ0) is 14.3. The molecule has 0 saturated heterocycles. The van der Waals surface area contributed by atoms with Crippen LogP contribution in [-0.4, -0.2) is 16.5 Å². The topological polar surface area (TPSA) is 55.0 Å². The predicted molar refractivity (Wildman–Crippen MR) is 70.5 cm³/mol. The Balaban J connectivity index is 1.93. The van der Waals surface area contributed by atoms with E-state index in [9.17, 15) is 13.2 Å². The van der Waals surface area contributed by atoms with E-state index in [-0.39, 0.29) is 11.6 Å². The van der Waals surface area contributed by atoms with Crippen LogP contribution in [-0.2, 0) is 19.1 Å². The van der Waals surface area contributed by atoms with E-state index in [4.69, 9.17) is 5.73 Å². The summed E-state index contributed by atoms with van der Waals surface area (Å²) in [5, 5.41) is 1.99. The number of fused-ring (bicyclic) bond motifs is 1. The zero-order valence-electron chi connectivity index (χ0n) is 10.3. The summed E-state index contributed by atoms with van der Waals surface area (Å²) in [5.41, 5.74) is 6.59. The van der Waals surface area contributed by atoms with E-state index in [1.165, 1.54) is 10.9 Å². The highest BCUT2D eigenvalue weighted by molar-refractivity contribution is 7.10. The minimum atomic E-state index is -4.59. The van der Waals surface area contributed by atoms with Crippen molar-refractivity contribution in [1.29, 1.82) is 0 Å². The number of anilines is 2. The molecule has 0 bridgehead atoms. The highest BCUT2D eigenvalue weighted by Crippen LogP contribution is 2.31. The zero-order valence-corrected chi connectivity index (χ0v) is 11.1. The Bertz CT molecular complexity index is 638. The molecule has 0 amide bonds. The first-order chi connectivity index (χ1) is 9.43. The van der Waals surface area contributed by atoms with Gasteiger partial charge >= 0.3 is 6.18 Å². The molecule has 2 N–H and O–H groups in total. The van der Waals surface area contributed by atoms with Gasteiger partial charge in [0.05, 0.1) is 0 Å². The Kier molecular flexibility index (Phi) is 3.04. The lowest BCUT2D eigenvalue weighted by atomic mass is 10.1. The first kappa shape index (κ1) is 13.2. The van der Waals surface area contributed by atoms with Crippen LogP contribution < -0.4 is 10.6 Å². The number of aromatic nitrogens is 2. The number of nitrogen functional groups attached to an aromatic ring is 1.